The Morgan fingerprint density at radius 2 is 2.19 bits per heavy atom. The van der Waals surface area contributed by atoms with Crippen molar-refractivity contribution in [3.8, 4) is 0 Å². The summed E-state index contributed by atoms with van der Waals surface area (Å²) < 4.78 is 6.24. The smallest absolute Gasteiger partial charge is 0.127 e. The average Bonchev–Trinajstić information content (AvgIpc) is 2.30. The molecule has 0 unspecified atom stereocenters. The number of hydrogen-bond donors (Lipinski definition) is 1. The molecule has 1 aliphatic heterocycles. The van der Waals surface area contributed by atoms with Gasteiger partial charge in [-0.25, -0.2) is 4.98 Å². The Hall–Kier alpha value is -0.610. The van der Waals surface area contributed by atoms with Crippen LogP contribution in [0.25, 0.3) is 0 Å². The van der Waals surface area contributed by atoms with Crippen LogP contribution in [0.3, 0.4) is 0 Å². The van der Waals surface area contributed by atoms with E-state index in [1.807, 2.05) is 18.2 Å². The second-order valence-corrected chi connectivity index (χ2v) is 5.04. The van der Waals surface area contributed by atoms with Crippen LogP contribution in [0.2, 0.25) is 0 Å². The van der Waals surface area contributed by atoms with Crippen LogP contribution in [0.4, 0.5) is 5.82 Å². The summed E-state index contributed by atoms with van der Waals surface area (Å²) in [4.78, 5) is 4.38. The van der Waals surface area contributed by atoms with Gasteiger partial charge in [-0.1, -0.05) is 6.07 Å². The minimum absolute atomic E-state index is 0.450. The highest BCUT2D eigenvalue weighted by Crippen LogP contribution is 2.21. The summed E-state index contributed by atoms with van der Waals surface area (Å²) in [6.07, 6.45) is 2.28. The molecule has 1 aromatic rings. The lowest BCUT2D eigenvalue weighted by molar-refractivity contribution is 0.0622. The lowest BCUT2D eigenvalue weighted by atomic mass is 9.93. The highest BCUT2D eigenvalue weighted by molar-refractivity contribution is 9.10. The number of rotatable bonds is 3. The summed E-state index contributed by atoms with van der Waals surface area (Å²) >= 11 is 3.38. The normalized spacial score (nSPS) is 19.4. The first kappa shape index (κ1) is 11.9. The van der Waals surface area contributed by atoms with Gasteiger partial charge in [0.1, 0.15) is 10.4 Å². The molecule has 1 aliphatic rings. The zero-order valence-corrected chi connectivity index (χ0v) is 11.0. The molecule has 4 heteroatoms. The molecule has 0 spiro atoms. The standard InChI is InChI=1S/C12H17BrN2O/c1-9(10-5-7-16-8-6-10)14-12-4-2-3-11(13)15-12/h2-4,9-10H,5-8H2,1H3,(H,14,15)/t9-/m1/s1. The molecule has 0 bridgehead atoms. The first-order chi connectivity index (χ1) is 7.75. The molecule has 1 aromatic heterocycles. The monoisotopic (exact) mass is 284 g/mol. The van der Waals surface area contributed by atoms with Crippen molar-refractivity contribution in [2.24, 2.45) is 5.92 Å². The van der Waals surface area contributed by atoms with Crippen LogP contribution in [0.5, 0.6) is 0 Å². The van der Waals surface area contributed by atoms with Gasteiger partial charge < -0.3 is 10.1 Å². The molecule has 2 heterocycles. The minimum atomic E-state index is 0.450. The zero-order chi connectivity index (χ0) is 11.4. The number of aromatic nitrogens is 1. The summed E-state index contributed by atoms with van der Waals surface area (Å²) in [6, 6.07) is 6.38. The van der Waals surface area contributed by atoms with Crippen LogP contribution in [-0.4, -0.2) is 24.2 Å². The molecule has 0 radical (unpaired) electrons. The molecule has 0 aromatic carbocycles. The number of pyridine rings is 1. The lowest BCUT2D eigenvalue weighted by Gasteiger charge is -2.28. The first-order valence-electron chi connectivity index (χ1n) is 5.72. The van der Waals surface area contributed by atoms with Crippen molar-refractivity contribution >= 4 is 21.7 Å². The van der Waals surface area contributed by atoms with Crippen molar-refractivity contribution in [2.45, 2.75) is 25.8 Å². The van der Waals surface area contributed by atoms with E-state index in [-0.39, 0.29) is 0 Å². The largest absolute Gasteiger partial charge is 0.381 e. The Bertz CT molecular complexity index is 340. The molecule has 1 fully saturated rings. The van der Waals surface area contributed by atoms with E-state index < -0.39 is 0 Å². The van der Waals surface area contributed by atoms with Gasteiger partial charge in [-0.15, -0.1) is 0 Å². The highest BCUT2D eigenvalue weighted by atomic mass is 79.9. The van der Waals surface area contributed by atoms with E-state index in [1.54, 1.807) is 0 Å². The summed E-state index contributed by atoms with van der Waals surface area (Å²) in [6.45, 7) is 4.00. The van der Waals surface area contributed by atoms with Gasteiger partial charge in [0.2, 0.25) is 0 Å². The van der Waals surface area contributed by atoms with E-state index >= 15 is 0 Å². The van der Waals surface area contributed by atoms with Crippen LogP contribution in [0.1, 0.15) is 19.8 Å². The number of hydrogen-bond acceptors (Lipinski definition) is 3. The van der Waals surface area contributed by atoms with Crippen molar-refractivity contribution in [1.29, 1.82) is 0 Å². The van der Waals surface area contributed by atoms with Crippen molar-refractivity contribution in [3.63, 3.8) is 0 Å². The fourth-order valence-corrected chi connectivity index (χ4v) is 2.40. The Morgan fingerprint density at radius 3 is 2.88 bits per heavy atom. The van der Waals surface area contributed by atoms with Crippen molar-refractivity contribution in [2.75, 3.05) is 18.5 Å². The van der Waals surface area contributed by atoms with Gasteiger partial charge in [-0.05, 0) is 53.7 Å². The van der Waals surface area contributed by atoms with E-state index in [9.17, 15) is 0 Å². The summed E-state index contributed by atoms with van der Waals surface area (Å²) in [5.41, 5.74) is 0. The van der Waals surface area contributed by atoms with Gasteiger partial charge in [-0.3, -0.25) is 0 Å². The molecule has 0 aliphatic carbocycles. The van der Waals surface area contributed by atoms with Gasteiger partial charge in [-0.2, -0.15) is 0 Å². The van der Waals surface area contributed by atoms with Crippen molar-refractivity contribution < 1.29 is 4.74 Å². The minimum Gasteiger partial charge on any atom is -0.381 e. The molecule has 1 atom stereocenters. The van der Waals surface area contributed by atoms with E-state index in [0.717, 1.165) is 36.5 Å². The zero-order valence-electron chi connectivity index (χ0n) is 9.45. The number of ether oxygens (including phenoxy) is 1. The molecule has 1 saturated heterocycles. The maximum Gasteiger partial charge on any atom is 0.127 e. The third-order valence-electron chi connectivity index (χ3n) is 3.06. The molecule has 88 valence electrons. The topological polar surface area (TPSA) is 34.2 Å². The van der Waals surface area contributed by atoms with Crippen LogP contribution >= 0.6 is 15.9 Å². The maximum atomic E-state index is 5.37. The SMILES string of the molecule is C[C@@H](Nc1cccc(Br)n1)C1CCOCC1. The number of halogens is 1. The fraction of sp³-hybridized carbons (Fsp3) is 0.583. The molecule has 0 amide bonds. The van der Waals surface area contributed by atoms with Gasteiger partial charge >= 0.3 is 0 Å². The fourth-order valence-electron chi connectivity index (χ4n) is 2.06. The van der Waals surface area contributed by atoms with Crippen molar-refractivity contribution in [3.05, 3.63) is 22.8 Å². The van der Waals surface area contributed by atoms with Gasteiger partial charge in [0.15, 0.2) is 0 Å². The molecule has 0 saturated carbocycles. The van der Waals surface area contributed by atoms with Crippen molar-refractivity contribution in [1.82, 2.24) is 4.98 Å². The van der Waals surface area contributed by atoms with Gasteiger partial charge in [0.05, 0.1) is 0 Å². The summed E-state index contributed by atoms with van der Waals surface area (Å²) in [7, 11) is 0. The predicted octanol–water partition coefficient (Wildman–Crippen LogP) is 3.07. The first-order valence-corrected chi connectivity index (χ1v) is 6.52. The number of nitrogens with zero attached hydrogens (tertiary/aromatic N) is 1. The molecule has 16 heavy (non-hydrogen) atoms. The highest BCUT2D eigenvalue weighted by Gasteiger charge is 2.20. The molecule has 1 N–H and O–H groups in total. The number of anilines is 1. The van der Waals surface area contributed by atoms with E-state index in [0.29, 0.717) is 12.0 Å². The van der Waals surface area contributed by atoms with Gasteiger partial charge in [0, 0.05) is 19.3 Å². The Labute approximate surface area is 105 Å². The quantitative estimate of drug-likeness (QED) is 0.867. The second-order valence-electron chi connectivity index (χ2n) is 4.23. The third-order valence-corrected chi connectivity index (χ3v) is 3.51. The molecule has 3 nitrogen and oxygen atoms in total. The predicted molar refractivity (Wildman–Crippen MR) is 68.6 cm³/mol. The van der Waals surface area contributed by atoms with Crippen LogP contribution in [0, 0.1) is 5.92 Å². The van der Waals surface area contributed by atoms with Crippen LogP contribution in [-0.2, 0) is 4.74 Å². The maximum absolute atomic E-state index is 5.37. The van der Waals surface area contributed by atoms with E-state index in [1.165, 1.54) is 0 Å². The average molecular weight is 285 g/mol. The Kier molecular flexibility index (Phi) is 4.18. The molecular formula is C12H17BrN2O. The van der Waals surface area contributed by atoms with Crippen LogP contribution < -0.4 is 5.32 Å². The molecular weight excluding hydrogens is 268 g/mol. The Morgan fingerprint density at radius 1 is 1.44 bits per heavy atom. The van der Waals surface area contributed by atoms with E-state index in [4.69, 9.17) is 4.74 Å². The Balaban J connectivity index is 1.93. The van der Waals surface area contributed by atoms with Gasteiger partial charge in [0.25, 0.3) is 0 Å². The summed E-state index contributed by atoms with van der Waals surface area (Å²) in [5, 5.41) is 3.46. The third kappa shape index (κ3) is 3.19. The number of nitrogens with one attached hydrogen (secondary N) is 1. The lowest BCUT2D eigenvalue weighted by Crippen LogP contribution is -2.31. The molecule has 2 rings (SSSR count). The van der Waals surface area contributed by atoms with Crippen LogP contribution in [0.15, 0.2) is 22.8 Å². The summed E-state index contributed by atoms with van der Waals surface area (Å²) in [5.74, 6) is 1.63. The second kappa shape index (κ2) is 5.64. The van der Waals surface area contributed by atoms with E-state index in [2.05, 4.69) is 33.2 Å².